The number of hydrogen-bond donors (Lipinski definition) is 2. The Morgan fingerprint density at radius 1 is 1.38 bits per heavy atom. The summed E-state index contributed by atoms with van der Waals surface area (Å²) < 4.78 is 5.42. The lowest BCUT2D eigenvalue weighted by molar-refractivity contribution is 0.0623. The molecule has 0 aliphatic carbocycles. The van der Waals surface area contributed by atoms with Crippen molar-refractivity contribution in [1.82, 2.24) is 5.32 Å². The third kappa shape index (κ3) is 3.04. The van der Waals surface area contributed by atoms with Crippen molar-refractivity contribution in [2.45, 2.75) is 24.9 Å². The molecule has 1 fully saturated rings. The summed E-state index contributed by atoms with van der Waals surface area (Å²) >= 11 is 0. The quantitative estimate of drug-likeness (QED) is 0.809. The standard InChI is InChI=1S/C13H19NO2/c15-9-13(11-5-2-1-3-6-11)14-12-7-4-8-16-10-12/h1-3,5-6,12-15H,4,7-10H2/t12?,13-/m0/s1. The van der Waals surface area contributed by atoms with Crippen molar-refractivity contribution in [3.05, 3.63) is 35.9 Å². The molecule has 0 amide bonds. The maximum atomic E-state index is 9.41. The molecule has 3 nitrogen and oxygen atoms in total. The zero-order valence-electron chi connectivity index (χ0n) is 9.43. The molecule has 1 saturated heterocycles. The minimum absolute atomic E-state index is 0.0212. The van der Waals surface area contributed by atoms with Crippen LogP contribution in [0.25, 0.3) is 0 Å². The molecule has 0 saturated carbocycles. The minimum Gasteiger partial charge on any atom is -0.394 e. The predicted octanol–water partition coefficient (Wildman–Crippen LogP) is 1.49. The molecule has 0 bridgehead atoms. The van der Waals surface area contributed by atoms with Crippen LogP contribution in [-0.4, -0.2) is 31.0 Å². The number of hydrogen-bond acceptors (Lipinski definition) is 3. The van der Waals surface area contributed by atoms with Gasteiger partial charge < -0.3 is 15.2 Å². The highest BCUT2D eigenvalue weighted by atomic mass is 16.5. The summed E-state index contributed by atoms with van der Waals surface area (Å²) in [7, 11) is 0. The van der Waals surface area contributed by atoms with Gasteiger partial charge in [-0.2, -0.15) is 0 Å². The molecular formula is C13H19NO2. The second-order valence-corrected chi connectivity index (χ2v) is 4.23. The van der Waals surface area contributed by atoms with Crippen molar-refractivity contribution >= 4 is 0 Å². The average molecular weight is 221 g/mol. The molecule has 0 radical (unpaired) electrons. The van der Waals surface area contributed by atoms with E-state index in [0.717, 1.165) is 31.6 Å². The van der Waals surface area contributed by atoms with Crippen LogP contribution in [0.15, 0.2) is 30.3 Å². The second kappa shape index (κ2) is 5.99. The van der Waals surface area contributed by atoms with Gasteiger partial charge in [0.25, 0.3) is 0 Å². The number of benzene rings is 1. The molecule has 1 aliphatic rings. The van der Waals surface area contributed by atoms with Crippen LogP contribution in [0.1, 0.15) is 24.4 Å². The van der Waals surface area contributed by atoms with Crippen molar-refractivity contribution in [2.75, 3.05) is 19.8 Å². The van der Waals surface area contributed by atoms with Gasteiger partial charge in [0.2, 0.25) is 0 Å². The van der Waals surface area contributed by atoms with E-state index in [2.05, 4.69) is 5.32 Å². The molecule has 88 valence electrons. The highest BCUT2D eigenvalue weighted by Crippen LogP contribution is 2.15. The van der Waals surface area contributed by atoms with Gasteiger partial charge in [0, 0.05) is 12.6 Å². The third-order valence-corrected chi connectivity index (χ3v) is 2.98. The molecule has 1 aromatic carbocycles. The molecule has 0 aromatic heterocycles. The molecule has 1 aliphatic heterocycles. The summed E-state index contributed by atoms with van der Waals surface area (Å²) in [6.45, 7) is 1.75. The lowest BCUT2D eigenvalue weighted by Crippen LogP contribution is -2.40. The molecule has 2 atom stereocenters. The number of nitrogens with one attached hydrogen (secondary N) is 1. The minimum atomic E-state index is 0.0212. The SMILES string of the molecule is OC[C@H](NC1CCCOC1)c1ccccc1. The van der Waals surface area contributed by atoms with Gasteiger partial charge in [-0.1, -0.05) is 30.3 Å². The Bertz CT molecular complexity index is 296. The van der Waals surface area contributed by atoms with Gasteiger partial charge in [-0.25, -0.2) is 0 Å². The van der Waals surface area contributed by atoms with E-state index in [1.165, 1.54) is 0 Å². The van der Waals surface area contributed by atoms with E-state index in [0.29, 0.717) is 6.04 Å². The zero-order valence-corrected chi connectivity index (χ0v) is 9.43. The number of rotatable bonds is 4. The van der Waals surface area contributed by atoms with Crippen LogP contribution >= 0.6 is 0 Å². The summed E-state index contributed by atoms with van der Waals surface area (Å²) in [5, 5.41) is 12.9. The highest BCUT2D eigenvalue weighted by molar-refractivity contribution is 5.19. The van der Waals surface area contributed by atoms with Gasteiger partial charge in [-0.15, -0.1) is 0 Å². The van der Waals surface area contributed by atoms with E-state index in [1.807, 2.05) is 30.3 Å². The second-order valence-electron chi connectivity index (χ2n) is 4.23. The Morgan fingerprint density at radius 2 is 2.19 bits per heavy atom. The summed E-state index contributed by atoms with van der Waals surface area (Å²) in [6, 6.07) is 10.4. The smallest absolute Gasteiger partial charge is 0.0626 e. The van der Waals surface area contributed by atoms with Crippen LogP contribution in [0.3, 0.4) is 0 Å². The van der Waals surface area contributed by atoms with E-state index < -0.39 is 0 Å². The lowest BCUT2D eigenvalue weighted by atomic mass is 10.0. The molecule has 1 aromatic rings. The highest BCUT2D eigenvalue weighted by Gasteiger charge is 2.18. The Labute approximate surface area is 96.4 Å². The molecule has 0 spiro atoms. The van der Waals surface area contributed by atoms with E-state index in [9.17, 15) is 5.11 Å². The van der Waals surface area contributed by atoms with Gasteiger partial charge in [-0.05, 0) is 18.4 Å². The van der Waals surface area contributed by atoms with Crippen molar-refractivity contribution in [1.29, 1.82) is 0 Å². The summed E-state index contributed by atoms with van der Waals surface area (Å²) in [4.78, 5) is 0. The first-order valence-corrected chi connectivity index (χ1v) is 5.90. The topological polar surface area (TPSA) is 41.5 Å². The average Bonchev–Trinajstić information content (AvgIpc) is 2.38. The van der Waals surface area contributed by atoms with E-state index >= 15 is 0 Å². The van der Waals surface area contributed by atoms with Crippen LogP contribution < -0.4 is 5.32 Å². The lowest BCUT2D eigenvalue weighted by Gasteiger charge is -2.27. The molecule has 3 heteroatoms. The largest absolute Gasteiger partial charge is 0.394 e. The molecule has 16 heavy (non-hydrogen) atoms. The van der Waals surface area contributed by atoms with Crippen molar-refractivity contribution < 1.29 is 9.84 Å². The first-order valence-electron chi connectivity index (χ1n) is 5.90. The normalized spacial score (nSPS) is 22.9. The van der Waals surface area contributed by atoms with Gasteiger partial charge >= 0.3 is 0 Å². The molecule has 1 unspecified atom stereocenters. The van der Waals surface area contributed by atoms with Crippen LogP contribution in [0.4, 0.5) is 0 Å². The van der Waals surface area contributed by atoms with Crippen molar-refractivity contribution in [3.8, 4) is 0 Å². The van der Waals surface area contributed by atoms with Crippen LogP contribution in [-0.2, 0) is 4.74 Å². The van der Waals surface area contributed by atoms with Crippen molar-refractivity contribution in [2.24, 2.45) is 0 Å². The maximum Gasteiger partial charge on any atom is 0.0626 e. The number of aliphatic hydroxyl groups excluding tert-OH is 1. The Kier molecular flexibility index (Phi) is 4.34. The fourth-order valence-electron chi connectivity index (χ4n) is 2.10. The Balaban J connectivity index is 1.94. The summed E-state index contributed by atoms with van der Waals surface area (Å²) in [6.07, 6.45) is 2.23. The van der Waals surface area contributed by atoms with E-state index in [-0.39, 0.29) is 12.6 Å². The van der Waals surface area contributed by atoms with E-state index in [4.69, 9.17) is 4.74 Å². The molecule has 1 heterocycles. The van der Waals surface area contributed by atoms with Gasteiger partial charge in [0.05, 0.1) is 19.3 Å². The summed E-state index contributed by atoms with van der Waals surface area (Å²) in [5.41, 5.74) is 1.13. The fraction of sp³-hybridized carbons (Fsp3) is 0.538. The Morgan fingerprint density at radius 3 is 2.81 bits per heavy atom. The van der Waals surface area contributed by atoms with Crippen LogP contribution in [0.2, 0.25) is 0 Å². The number of aliphatic hydroxyl groups is 1. The summed E-state index contributed by atoms with van der Waals surface area (Å²) in [5.74, 6) is 0. The zero-order chi connectivity index (χ0) is 11.2. The fourth-order valence-corrected chi connectivity index (χ4v) is 2.10. The molecular weight excluding hydrogens is 202 g/mol. The first-order chi connectivity index (χ1) is 7.90. The van der Waals surface area contributed by atoms with Gasteiger partial charge in [-0.3, -0.25) is 0 Å². The third-order valence-electron chi connectivity index (χ3n) is 2.98. The molecule has 2 N–H and O–H groups in total. The van der Waals surface area contributed by atoms with Crippen LogP contribution in [0, 0.1) is 0 Å². The van der Waals surface area contributed by atoms with Gasteiger partial charge in [0.15, 0.2) is 0 Å². The first kappa shape index (κ1) is 11.6. The molecule has 2 rings (SSSR count). The van der Waals surface area contributed by atoms with Gasteiger partial charge in [0.1, 0.15) is 0 Å². The van der Waals surface area contributed by atoms with Crippen LogP contribution in [0.5, 0.6) is 0 Å². The number of ether oxygens (including phenoxy) is 1. The predicted molar refractivity (Wildman–Crippen MR) is 63.2 cm³/mol. The Hall–Kier alpha value is -0.900. The maximum absolute atomic E-state index is 9.41. The monoisotopic (exact) mass is 221 g/mol. The van der Waals surface area contributed by atoms with Crippen molar-refractivity contribution in [3.63, 3.8) is 0 Å². The van der Waals surface area contributed by atoms with E-state index in [1.54, 1.807) is 0 Å².